The summed E-state index contributed by atoms with van der Waals surface area (Å²) in [6, 6.07) is 0. The maximum atomic E-state index is 9.78. The van der Waals surface area contributed by atoms with Crippen LogP contribution in [0, 0.1) is 11.8 Å². The molecular formula is C10H17NO2. The first kappa shape index (κ1) is 9.00. The number of hydrogen-bond donors (Lipinski definition) is 2. The predicted octanol–water partition coefficient (Wildman–Crippen LogP) is 1.78. The maximum Gasteiger partial charge on any atom is 0.0605 e. The first-order valence-electron chi connectivity index (χ1n) is 5.22. The second kappa shape index (κ2) is 3.66. The predicted molar refractivity (Wildman–Crippen MR) is 49.9 cm³/mol. The molecule has 2 N–H and O–H groups in total. The van der Waals surface area contributed by atoms with Crippen molar-refractivity contribution in [2.75, 3.05) is 0 Å². The third-order valence-corrected chi connectivity index (χ3v) is 3.55. The Morgan fingerprint density at radius 3 is 2.77 bits per heavy atom. The van der Waals surface area contributed by atoms with Crippen LogP contribution in [0.5, 0.6) is 0 Å². The standard InChI is InChI=1S/C10H17NO2/c12-10-6-2-3-7-8(10)4-1-5-9(7)11-13/h7-8,10,12-13H,1-6H2/b11-9+. The van der Waals surface area contributed by atoms with Gasteiger partial charge in [-0.25, -0.2) is 0 Å². The van der Waals surface area contributed by atoms with Gasteiger partial charge in [0, 0.05) is 5.92 Å². The van der Waals surface area contributed by atoms with Crippen LogP contribution in [0.15, 0.2) is 5.16 Å². The van der Waals surface area contributed by atoms with E-state index >= 15 is 0 Å². The van der Waals surface area contributed by atoms with Gasteiger partial charge in [0.1, 0.15) is 0 Å². The summed E-state index contributed by atoms with van der Waals surface area (Å²) in [6.45, 7) is 0. The molecule has 0 aromatic rings. The summed E-state index contributed by atoms with van der Waals surface area (Å²) in [5.74, 6) is 0.732. The van der Waals surface area contributed by atoms with Crippen molar-refractivity contribution in [3.63, 3.8) is 0 Å². The molecule has 0 aromatic carbocycles. The van der Waals surface area contributed by atoms with Gasteiger partial charge in [0.25, 0.3) is 0 Å². The monoisotopic (exact) mass is 183 g/mol. The van der Waals surface area contributed by atoms with Crippen molar-refractivity contribution in [1.82, 2.24) is 0 Å². The summed E-state index contributed by atoms with van der Waals surface area (Å²) in [4.78, 5) is 0. The molecule has 2 aliphatic rings. The molecule has 0 amide bonds. The molecule has 3 nitrogen and oxygen atoms in total. The summed E-state index contributed by atoms with van der Waals surface area (Å²) in [5.41, 5.74) is 0.926. The molecule has 2 aliphatic carbocycles. The van der Waals surface area contributed by atoms with Gasteiger partial charge in [0.2, 0.25) is 0 Å². The fourth-order valence-electron chi connectivity index (χ4n) is 2.88. The van der Waals surface area contributed by atoms with E-state index in [-0.39, 0.29) is 6.10 Å². The highest BCUT2D eigenvalue weighted by Gasteiger charge is 2.37. The zero-order chi connectivity index (χ0) is 9.26. The Bertz CT molecular complexity index is 215. The van der Waals surface area contributed by atoms with Crippen LogP contribution in [0.3, 0.4) is 0 Å². The highest BCUT2D eigenvalue weighted by atomic mass is 16.4. The molecule has 3 unspecified atom stereocenters. The first-order valence-corrected chi connectivity index (χ1v) is 5.22. The van der Waals surface area contributed by atoms with Crippen LogP contribution in [0.2, 0.25) is 0 Å². The lowest BCUT2D eigenvalue weighted by molar-refractivity contribution is 0.0401. The Kier molecular flexibility index (Phi) is 2.54. The molecular weight excluding hydrogens is 166 g/mol. The van der Waals surface area contributed by atoms with Gasteiger partial charge < -0.3 is 10.3 Å². The van der Waals surface area contributed by atoms with Crippen molar-refractivity contribution in [3.8, 4) is 0 Å². The highest BCUT2D eigenvalue weighted by Crippen LogP contribution is 2.39. The van der Waals surface area contributed by atoms with Crippen LogP contribution in [-0.4, -0.2) is 22.1 Å². The van der Waals surface area contributed by atoms with E-state index in [0.29, 0.717) is 11.8 Å². The Hall–Kier alpha value is -0.570. The molecule has 13 heavy (non-hydrogen) atoms. The van der Waals surface area contributed by atoms with Gasteiger partial charge >= 0.3 is 0 Å². The number of nitrogens with zero attached hydrogens (tertiary/aromatic N) is 1. The minimum atomic E-state index is -0.157. The van der Waals surface area contributed by atoms with Crippen molar-refractivity contribution >= 4 is 5.71 Å². The Morgan fingerprint density at radius 1 is 1.15 bits per heavy atom. The fraction of sp³-hybridized carbons (Fsp3) is 0.900. The molecule has 74 valence electrons. The topological polar surface area (TPSA) is 52.8 Å². The van der Waals surface area contributed by atoms with Crippen LogP contribution < -0.4 is 0 Å². The molecule has 2 rings (SSSR count). The summed E-state index contributed by atoms with van der Waals surface area (Å²) in [6.07, 6.45) is 6.03. The average Bonchev–Trinajstić information content (AvgIpc) is 2.18. The van der Waals surface area contributed by atoms with Gasteiger partial charge in [-0.1, -0.05) is 11.6 Å². The second-order valence-corrected chi connectivity index (χ2v) is 4.25. The average molecular weight is 183 g/mol. The molecule has 0 radical (unpaired) electrons. The molecule has 0 bridgehead atoms. The molecule has 0 aromatic heterocycles. The minimum Gasteiger partial charge on any atom is -0.411 e. The van der Waals surface area contributed by atoms with Gasteiger partial charge in [0.05, 0.1) is 11.8 Å². The fourth-order valence-corrected chi connectivity index (χ4v) is 2.88. The Labute approximate surface area is 78.4 Å². The van der Waals surface area contributed by atoms with Crippen LogP contribution in [0.25, 0.3) is 0 Å². The third-order valence-electron chi connectivity index (χ3n) is 3.55. The molecule has 3 atom stereocenters. The minimum absolute atomic E-state index is 0.157. The van der Waals surface area contributed by atoms with Gasteiger partial charge in [0.15, 0.2) is 0 Å². The molecule has 0 saturated heterocycles. The van der Waals surface area contributed by atoms with E-state index < -0.39 is 0 Å². The van der Waals surface area contributed by atoms with Gasteiger partial charge in [-0.15, -0.1) is 0 Å². The van der Waals surface area contributed by atoms with Crippen LogP contribution >= 0.6 is 0 Å². The van der Waals surface area contributed by atoms with Crippen molar-refractivity contribution in [2.24, 2.45) is 17.0 Å². The van der Waals surface area contributed by atoms with Crippen molar-refractivity contribution in [1.29, 1.82) is 0 Å². The largest absolute Gasteiger partial charge is 0.411 e. The number of oxime groups is 1. The lowest BCUT2D eigenvalue weighted by atomic mass is 9.68. The number of aliphatic hydroxyl groups is 1. The molecule has 0 heterocycles. The number of fused-ring (bicyclic) bond motifs is 1. The van der Waals surface area contributed by atoms with E-state index in [1.807, 2.05) is 0 Å². The normalized spacial score (nSPS) is 43.2. The SMILES string of the molecule is O/N=C1\CCCC2C(O)CCCC12. The van der Waals surface area contributed by atoms with E-state index in [2.05, 4.69) is 5.16 Å². The smallest absolute Gasteiger partial charge is 0.0605 e. The van der Waals surface area contributed by atoms with Crippen molar-refractivity contribution in [2.45, 2.75) is 44.6 Å². The Balaban J connectivity index is 2.14. The quantitative estimate of drug-likeness (QED) is 0.444. The van der Waals surface area contributed by atoms with E-state index in [0.717, 1.165) is 44.2 Å². The van der Waals surface area contributed by atoms with E-state index in [9.17, 15) is 5.11 Å². The third kappa shape index (κ3) is 1.57. The highest BCUT2D eigenvalue weighted by molar-refractivity contribution is 5.87. The number of aliphatic hydroxyl groups excluding tert-OH is 1. The van der Waals surface area contributed by atoms with Crippen LogP contribution in [0.4, 0.5) is 0 Å². The summed E-state index contributed by atoms with van der Waals surface area (Å²) in [7, 11) is 0. The molecule has 2 saturated carbocycles. The molecule has 0 aliphatic heterocycles. The summed E-state index contributed by atoms with van der Waals surface area (Å²) < 4.78 is 0. The lowest BCUT2D eigenvalue weighted by Crippen LogP contribution is -2.39. The summed E-state index contributed by atoms with van der Waals surface area (Å²) in [5, 5.41) is 22.0. The van der Waals surface area contributed by atoms with Crippen molar-refractivity contribution < 1.29 is 10.3 Å². The van der Waals surface area contributed by atoms with Gasteiger partial charge in [-0.2, -0.15) is 0 Å². The van der Waals surface area contributed by atoms with Crippen molar-refractivity contribution in [3.05, 3.63) is 0 Å². The Morgan fingerprint density at radius 2 is 2.00 bits per heavy atom. The van der Waals surface area contributed by atoms with Crippen LogP contribution in [0.1, 0.15) is 38.5 Å². The van der Waals surface area contributed by atoms with E-state index in [4.69, 9.17) is 5.21 Å². The lowest BCUT2D eigenvalue weighted by Gasteiger charge is -2.39. The number of rotatable bonds is 0. The zero-order valence-electron chi connectivity index (χ0n) is 7.82. The van der Waals surface area contributed by atoms with Gasteiger partial charge in [-0.05, 0) is 38.0 Å². The molecule has 3 heteroatoms. The zero-order valence-corrected chi connectivity index (χ0v) is 7.82. The first-order chi connectivity index (χ1) is 6.33. The van der Waals surface area contributed by atoms with E-state index in [1.54, 1.807) is 0 Å². The van der Waals surface area contributed by atoms with Gasteiger partial charge in [-0.3, -0.25) is 0 Å². The number of hydrogen-bond acceptors (Lipinski definition) is 3. The second-order valence-electron chi connectivity index (χ2n) is 4.25. The molecule has 2 fully saturated rings. The van der Waals surface area contributed by atoms with Crippen LogP contribution in [-0.2, 0) is 0 Å². The van der Waals surface area contributed by atoms with E-state index in [1.165, 1.54) is 0 Å². The summed E-state index contributed by atoms with van der Waals surface area (Å²) >= 11 is 0. The maximum absolute atomic E-state index is 9.78. The molecule has 0 spiro atoms.